The van der Waals surface area contributed by atoms with Crippen LogP contribution in [0, 0.1) is 24.7 Å². The number of β-amino-alcohol motifs (C(OH)–C–C–N with tert-alkyl or cyclic N) is 1. The largest absolute Gasteiger partial charge is 0.508 e. The van der Waals surface area contributed by atoms with E-state index in [9.17, 15) is 60.5 Å². The number of amides is 7. The van der Waals surface area contributed by atoms with Gasteiger partial charge in [-0.05, 0) is 136 Å². The Labute approximate surface area is 541 Å². The highest BCUT2D eigenvalue weighted by Gasteiger charge is 2.58. The minimum absolute atomic E-state index is 0.00955. The van der Waals surface area contributed by atoms with Crippen LogP contribution in [0.5, 0.6) is 11.5 Å². The molecule has 7 amide bonds. The van der Waals surface area contributed by atoms with E-state index in [-0.39, 0.29) is 47.8 Å². The van der Waals surface area contributed by atoms with Crippen LogP contribution in [0.1, 0.15) is 135 Å². The molecule has 0 radical (unpaired) electrons. The van der Waals surface area contributed by atoms with Crippen LogP contribution in [0.3, 0.4) is 0 Å². The van der Waals surface area contributed by atoms with Gasteiger partial charge in [0.2, 0.25) is 29.5 Å². The second-order valence-corrected chi connectivity index (χ2v) is 25.7. The molecule has 0 aromatic heterocycles. The van der Waals surface area contributed by atoms with Crippen molar-refractivity contribution in [3.8, 4) is 33.8 Å². The molecule has 7 rings (SSSR count). The molecular weight excluding hydrogens is 1200 g/mol. The third-order valence-electron chi connectivity index (χ3n) is 19.2. The smallest absolute Gasteiger partial charge is 0.251 e. The fourth-order valence-electron chi connectivity index (χ4n) is 13.0. The Kier molecular flexibility index (Phi) is 24.0. The van der Waals surface area contributed by atoms with Crippen LogP contribution in [-0.4, -0.2) is 194 Å². The molecule has 0 aliphatic carbocycles. The molecule has 0 bridgehead atoms. The summed E-state index contributed by atoms with van der Waals surface area (Å²) in [4.78, 5) is 111. The average Bonchev–Trinajstić information content (AvgIpc) is 1.68. The second kappa shape index (κ2) is 30.7. The third-order valence-corrected chi connectivity index (χ3v) is 19.2. The van der Waals surface area contributed by atoms with Gasteiger partial charge in [-0.2, -0.15) is 0 Å². The van der Waals surface area contributed by atoms with Gasteiger partial charge >= 0.3 is 0 Å². The molecule has 25 nitrogen and oxygen atoms in total. The number of fused-ring (bicyclic) bond motifs is 2. The number of aliphatic hydroxyl groups is 7. The van der Waals surface area contributed by atoms with Gasteiger partial charge in [0.05, 0.1) is 30.5 Å². The van der Waals surface area contributed by atoms with E-state index in [0.29, 0.717) is 11.5 Å². The number of benzene rings is 4. The molecule has 93 heavy (non-hydrogen) atoms. The Morgan fingerprint density at radius 2 is 1.31 bits per heavy atom. The summed E-state index contributed by atoms with van der Waals surface area (Å²) < 4.78 is 6.15. The van der Waals surface area contributed by atoms with Crippen molar-refractivity contribution in [3.63, 3.8) is 0 Å². The van der Waals surface area contributed by atoms with E-state index < -0.39 is 156 Å². The van der Waals surface area contributed by atoms with Crippen LogP contribution < -0.4 is 31.3 Å². The summed E-state index contributed by atoms with van der Waals surface area (Å²) in [6.07, 6.45) is -14.5. The predicted octanol–water partition coefficient (Wildman–Crippen LogP) is 3.10. The number of phenols is 1. The quantitative estimate of drug-likeness (QED) is 0.0503. The zero-order valence-corrected chi connectivity index (χ0v) is 54.5. The molecule has 3 aliphatic heterocycles. The summed E-state index contributed by atoms with van der Waals surface area (Å²) in [7, 11) is 0. The second-order valence-electron chi connectivity index (χ2n) is 25.7. The summed E-state index contributed by atoms with van der Waals surface area (Å²) in [5, 5.41) is 116. The molecule has 508 valence electrons. The molecule has 3 saturated heterocycles. The molecule has 25 heteroatoms. The monoisotopic (exact) mass is 1300 g/mol. The van der Waals surface area contributed by atoms with Gasteiger partial charge in [0.25, 0.3) is 11.8 Å². The maximum absolute atomic E-state index is 15.4. The lowest BCUT2D eigenvalue weighted by atomic mass is 9.86. The molecule has 3 aliphatic rings. The van der Waals surface area contributed by atoms with Crippen molar-refractivity contribution < 1.29 is 89.3 Å². The van der Waals surface area contributed by atoms with Gasteiger partial charge in [-0.1, -0.05) is 103 Å². The maximum atomic E-state index is 15.4. The van der Waals surface area contributed by atoms with Crippen LogP contribution in [0.15, 0.2) is 91.0 Å². The number of aliphatic hydroxyl groups excluding tert-OH is 7. The number of hydrogen-bond donors (Lipinski definition) is 14. The third kappa shape index (κ3) is 15.6. The summed E-state index contributed by atoms with van der Waals surface area (Å²) in [6, 6.07) is 16.2. The number of nitrogens with zero attached hydrogens (tertiary/aromatic N) is 2. The lowest BCUT2D eigenvalue weighted by molar-refractivity contribution is -0.307. The van der Waals surface area contributed by atoms with Crippen LogP contribution in [0.25, 0.3) is 22.3 Å². The number of aryl methyl sites for hydroxylation is 1. The Balaban J connectivity index is 1.28. The summed E-state index contributed by atoms with van der Waals surface area (Å²) in [5.74, 6) is -9.88. The van der Waals surface area contributed by atoms with Crippen LogP contribution in [0.4, 0.5) is 0 Å². The highest BCUT2D eigenvalue weighted by molar-refractivity contribution is 6.02. The van der Waals surface area contributed by atoms with Crippen LogP contribution in [-0.2, 0) is 33.7 Å². The van der Waals surface area contributed by atoms with E-state index in [0.717, 1.165) is 52.0 Å². The van der Waals surface area contributed by atoms with Crippen molar-refractivity contribution in [2.75, 3.05) is 6.54 Å². The van der Waals surface area contributed by atoms with Gasteiger partial charge in [0.1, 0.15) is 65.1 Å². The van der Waals surface area contributed by atoms with Gasteiger partial charge in [-0.25, -0.2) is 10.1 Å². The zero-order chi connectivity index (χ0) is 68.7. The van der Waals surface area contributed by atoms with Gasteiger partial charge in [-0.15, -0.1) is 0 Å². The molecule has 0 saturated carbocycles. The van der Waals surface area contributed by atoms with Crippen molar-refractivity contribution in [1.82, 2.24) is 36.4 Å². The van der Waals surface area contributed by atoms with E-state index in [4.69, 9.17) is 4.74 Å². The van der Waals surface area contributed by atoms with E-state index in [1.165, 1.54) is 71.9 Å². The number of ether oxygens (including phenoxy) is 1. The minimum atomic E-state index is -2.49. The molecule has 14 N–H and O–H groups in total. The Hall–Kier alpha value is -7.59. The highest BCUT2D eigenvalue weighted by Crippen LogP contribution is 2.37. The van der Waals surface area contributed by atoms with Crippen molar-refractivity contribution >= 4 is 41.4 Å². The van der Waals surface area contributed by atoms with Crippen LogP contribution >= 0.6 is 0 Å². The van der Waals surface area contributed by atoms with E-state index >= 15 is 19.2 Å². The molecular formula is C68H93N7O18. The first kappa shape index (κ1) is 72.8. The topological polar surface area (TPSA) is 387 Å². The SMILES string of the molecule is CCC(C)CC(C)Oc1ccc(-c2ccc(-c3ccc(C(=O)N[C@@H]4C(=O)N[C@@](C)([C@H](O)CC)C(=O)N5C[C@H](O)C[C@@]5(C)C(=O)NC([C@H](O)[C@@H](O)c5ccc(O)c(C)c5)C(=O)N[C@@H]([C@H](O)CC)C(=O)N5C(C)[C@H](CC)[C@H](O)[C@H]5C(=O)N[C@H](OO)C(O)C4C)cc3)cc2)cc1. The van der Waals surface area contributed by atoms with E-state index in [1.54, 1.807) is 19.1 Å². The average molecular weight is 1300 g/mol. The fourth-order valence-corrected chi connectivity index (χ4v) is 13.0. The van der Waals surface area contributed by atoms with Crippen molar-refractivity contribution in [1.29, 1.82) is 0 Å². The summed E-state index contributed by atoms with van der Waals surface area (Å²) >= 11 is 0. The van der Waals surface area contributed by atoms with E-state index in [2.05, 4.69) is 52.2 Å². The fraction of sp³-hybridized carbons (Fsp3) is 0.544. The molecule has 19 atom stereocenters. The maximum Gasteiger partial charge on any atom is 0.251 e. The summed E-state index contributed by atoms with van der Waals surface area (Å²) in [5.41, 5.74) is -1.19. The lowest BCUT2D eigenvalue weighted by Crippen LogP contribution is -2.71. The number of rotatable bonds is 18. The molecule has 0 spiro atoms. The number of hydrogen-bond acceptors (Lipinski definition) is 18. The highest BCUT2D eigenvalue weighted by atomic mass is 17.1. The number of carbonyl (C=O) groups is 7. The minimum Gasteiger partial charge on any atom is -0.508 e. The van der Waals surface area contributed by atoms with Crippen LogP contribution in [0.2, 0.25) is 0 Å². The number of carbonyl (C=O) groups excluding carboxylic acids is 7. The number of aromatic hydroxyl groups is 1. The molecule has 4 aromatic carbocycles. The summed E-state index contributed by atoms with van der Waals surface area (Å²) in [6.45, 7) is 16.8. The molecule has 3 fully saturated rings. The lowest BCUT2D eigenvalue weighted by Gasteiger charge is -2.43. The Bertz CT molecular complexity index is 3290. The van der Waals surface area contributed by atoms with Gasteiger partial charge < -0.3 is 82.0 Å². The molecule has 6 unspecified atom stereocenters. The number of phenolic OH excluding ortho intramolecular Hbond substituents is 1. The first-order valence-corrected chi connectivity index (χ1v) is 31.9. The van der Waals surface area contributed by atoms with Crippen molar-refractivity contribution in [3.05, 3.63) is 108 Å². The molecule has 3 heterocycles. The molecule has 4 aromatic rings. The normalized spacial score (nSPS) is 29.6. The van der Waals surface area contributed by atoms with E-state index in [1.807, 2.05) is 48.5 Å². The van der Waals surface area contributed by atoms with Crippen molar-refractivity contribution in [2.45, 2.75) is 211 Å². The zero-order valence-electron chi connectivity index (χ0n) is 54.5. The Morgan fingerprint density at radius 1 is 0.731 bits per heavy atom. The van der Waals surface area contributed by atoms with Gasteiger partial charge in [-0.3, -0.25) is 33.6 Å². The standard InChI is InChI=1S/C68H93N7O18/c1-12-34(5)30-36(7)92-46-27-24-42(25-28-46)40-18-16-39(17-19-40)41-20-22-43(23-21-41)59(84)69-51-37(8)55(80)63(93-91)72-62(87)54-57(82)47(13-2)38(9)75(54)64(88)52(48(77)14-3)70-60(85)53(58(83)56(81)44-26-29-49(78)35(6)31-44)71-65(89)67(10)32-45(76)33-74(67)66(90)68(11,50(79)15-4)73-61(51)86/h16-29,31,34,36-38,45,47-48,50-58,63,76-83,91H,12-15,30,32-33H2,1-11H3,(H,69,84)(H,70,85)(H,71,89)(H,72,87)(H,73,86)/t34?,36?,37?,38?,45-,47+,48-,50-,51+,52+,53?,54+,55?,56+,57+,58+,63-,67+,68+/m1/s1. The van der Waals surface area contributed by atoms with Crippen molar-refractivity contribution in [2.24, 2.45) is 17.8 Å². The first-order chi connectivity index (χ1) is 43.9. The van der Waals surface area contributed by atoms with Gasteiger partial charge in [0.15, 0.2) is 6.23 Å². The first-order valence-electron chi connectivity index (χ1n) is 31.9. The number of nitrogens with one attached hydrogen (secondary N) is 5. The van der Waals surface area contributed by atoms with Gasteiger partial charge in [0, 0.05) is 36.4 Å². The predicted molar refractivity (Wildman–Crippen MR) is 341 cm³/mol. The Morgan fingerprint density at radius 3 is 1.85 bits per heavy atom.